The monoisotopic (exact) mass is 477 g/mol. The molecule has 7 nitrogen and oxygen atoms in total. The molecule has 0 spiro atoms. The number of hydrogen-bond acceptors (Lipinski definition) is 5. The van der Waals surface area contributed by atoms with Crippen LogP contribution in [0.4, 0.5) is 0 Å². The van der Waals surface area contributed by atoms with E-state index in [1.54, 1.807) is 11.6 Å². The Labute approximate surface area is 206 Å². The number of hydrogen-bond donors (Lipinski definition) is 3. The second-order valence-corrected chi connectivity index (χ2v) is 8.96. The molecule has 2 aromatic carbocycles. The van der Waals surface area contributed by atoms with Crippen LogP contribution in [0.2, 0.25) is 0 Å². The molecule has 0 bridgehead atoms. The molecular formula is C28H35N3O4. The van der Waals surface area contributed by atoms with Crippen LogP contribution >= 0.6 is 0 Å². The van der Waals surface area contributed by atoms with Crippen LogP contribution in [0.15, 0.2) is 60.8 Å². The number of fused-ring (bicyclic) bond motifs is 1. The molecule has 1 fully saturated rings. The van der Waals surface area contributed by atoms with Crippen molar-refractivity contribution < 1.29 is 19.5 Å². The summed E-state index contributed by atoms with van der Waals surface area (Å²) in [6.07, 6.45) is 10.3. The van der Waals surface area contributed by atoms with Crippen LogP contribution in [-0.2, 0) is 27.2 Å². The third-order valence-corrected chi connectivity index (χ3v) is 6.36. The molecule has 3 aromatic rings. The van der Waals surface area contributed by atoms with E-state index in [0.29, 0.717) is 6.61 Å². The number of carbonyl (C=O) groups is 1. The van der Waals surface area contributed by atoms with Crippen LogP contribution < -0.4 is 5.48 Å². The standard InChI is InChI=1S/C28H35N3O4/c32-27(30-33)14-13-22-9-11-23(12-10-22)21-31(16-5-19-35-28-8-3-4-18-34-28)17-15-24-20-29-26-7-2-1-6-25(24)26/h1-2,6-7,9-14,20,28-29,33H,3-5,8,15-19,21H2,(H,30,32). The summed E-state index contributed by atoms with van der Waals surface area (Å²) in [6.45, 7) is 4.22. The van der Waals surface area contributed by atoms with Crippen LogP contribution in [0.1, 0.15) is 42.4 Å². The van der Waals surface area contributed by atoms with Crippen molar-refractivity contribution in [2.24, 2.45) is 0 Å². The second-order valence-electron chi connectivity index (χ2n) is 8.96. The number of benzene rings is 2. The molecule has 7 heteroatoms. The summed E-state index contributed by atoms with van der Waals surface area (Å²) in [5.74, 6) is -0.543. The first-order valence-corrected chi connectivity index (χ1v) is 12.4. The fourth-order valence-corrected chi connectivity index (χ4v) is 4.43. The molecule has 0 radical (unpaired) electrons. The molecule has 1 aliphatic heterocycles. The van der Waals surface area contributed by atoms with E-state index in [1.165, 1.54) is 34.5 Å². The van der Waals surface area contributed by atoms with Gasteiger partial charge in [-0.15, -0.1) is 0 Å². The molecule has 1 aromatic heterocycles. The number of ether oxygens (including phenoxy) is 2. The van der Waals surface area contributed by atoms with Gasteiger partial charge in [-0.25, -0.2) is 5.48 Å². The molecule has 1 atom stereocenters. The van der Waals surface area contributed by atoms with Gasteiger partial charge in [0.05, 0.1) is 6.61 Å². The maximum absolute atomic E-state index is 11.2. The smallest absolute Gasteiger partial charge is 0.267 e. The highest BCUT2D eigenvalue weighted by Crippen LogP contribution is 2.19. The van der Waals surface area contributed by atoms with E-state index in [9.17, 15) is 4.79 Å². The quantitative estimate of drug-likeness (QED) is 0.153. The molecule has 35 heavy (non-hydrogen) atoms. The lowest BCUT2D eigenvalue weighted by atomic mass is 10.1. The average molecular weight is 478 g/mol. The van der Waals surface area contributed by atoms with Gasteiger partial charge in [-0.2, -0.15) is 0 Å². The van der Waals surface area contributed by atoms with Gasteiger partial charge in [0.1, 0.15) is 0 Å². The first-order valence-electron chi connectivity index (χ1n) is 12.4. The molecule has 186 valence electrons. The molecule has 1 unspecified atom stereocenters. The number of carbonyl (C=O) groups excluding carboxylic acids is 1. The van der Waals surface area contributed by atoms with Crippen molar-refractivity contribution in [3.05, 3.63) is 77.5 Å². The second kappa shape index (κ2) is 13.2. The van der Waals surface area contributed by atoms with E-state index in [4.69, 9.17) is 14.7 Å². The maximum Gasteiger partial charge on any atom is 0.267 e. The summed E-state index contributed by atoms with van der Waals surface area (Å²) in [4.78, 5) is 17.0. The number of rotatable bonds is 12. The Bertz CT molecular complexity index is 1090. The Hall–Kier alpha value is -2.97. The highest BCUT2D eigenvalue weighted by molar-refractivity contribution is 5.90. The van der Waals surface area contributed by atoms with Gasteiger partial charge in [0.15, 0.2) is 6.29 Å². The summed E-state index contributed by atoms with van der Waals surface area (Å²) < 4.78 is 11.6. The first-order chi connectivity index (χ1) is 17.2. The summed E-state index contributed by atoms with van der Waals surface area (Å²) in [5.41, 5.74) is 6.23. The number of nitrogens with one attached hydrogen (secondary N) is 2. The molecule has 1 saturated heterocycles. The summed E-state index contributed by atoms with van der Waals surface area (Å²) in [6, 6.07) is 16.6. The Morgan fingerprint density at radius 1 is 1.17 bits per heavy atom. The van der Waals surface area contributed by atoms with Gasteiger partial charge in [0, 0.05) is 49.4 Å². The predicted octanol–water partition coefficient (Wildman–Crippen LogP) is 4.66. The van der Waals surface area contributed by atoms with E-state index in [-0.39, 0.29) is 6.29 Å². The van der Waals surface area contributed by atoms with Crippen LogP contribution in [-0.4, -0.2) is 53.6 Å². The van der Waals surface area contributed by atoms with Gasteiger partial charge < -0.3 is 14.5 Å². The van der Waals surface area contributed by atoms with Crippen molar-refractivity contribution in [3.63, 3.8) is 0 Å². The maximum atomic E-state index is 11.2. The average Bonchev–Trinajstić information content (AvgIpc) is 3.32. The van der Waals surface area contributed by atoms with Crippen molar-refractivity contribution in [1.82, 2.24) is 15.4 Å². The molecule has 0 aliphatic carbocycles. The van der Waals surface area contributed by atoms with Crippen LogP contribution in [0.3, 0.4) is 0 Å². The van der Waals surface area contributed by atoms with Gasteiger partial charge in [-0.1, -0.05) is 42.5 Å². The Kier molecular flexibility index (Phi) is 9.48. The number of aromatic nitrogens is 1. The Morgan fingerprint density at radius 3 is 2.83 bits per heavy atom. The number of amides is 1. The Morgan fingerprint density at radius 2 is 2.03 bits per heavy atom. The van der Waals surface area contributed by atoms with Crippen molar-refractivity contribution >= 4 is 22.9 Å². The predicted molar refractivity (Wildman–Crippen MR) is 137 cm³/mol. The largest absolute Gasteiger partial charge is 0.361 e. The lowest BCUT2D eigenvalue weighted by molar-refractivity contribution is -0.163. The van der Waals surface area contributed by atoms with Crippen LogP contribution in [0.25, 0.3) is 17.0 Å². The van der Waals surface area contributed by atoms with Crippen molar-refractivity contribution in [1.29, 1.82) is 0 Å². The molecule has 3 N–H and O–H groups in total. The third-order valence-electron chi connectivity index (χ3n) is 6.36. The molecule has 1 amide bonds. The number of hydroxylamine groups is 1. The molecule has 0 saturated carbocycles. The minimum absolute atomic E-state index is 0.0445. The lowest BCUT2D eigenvalue weighted by Crippen LogP contribution is -2.29. The van der Waals surface area contributed by atoms with Gasteiger partial charge in [-0.3, -0.25) is 14.9 Å². The highest BCUT2D eigenvalue weighted by atomic mass is 16.7. The molecule has 2 heterocycles. The molecular weight excluding hydrogens is 442 g/mol. The fourth-order valence-electron chi connectivity index (χ4n) is 4.43. The van der Waals surface area contributed by atoms with Crippen molar-refractivity contribution in [2.75, 3.05) is 26.3 Å². The topological polar surface area (TPSA) is 86.8 Å². The summed E-state index contributed by atoms with van der Waals surface area (Å²) in [7, 11) is 0. The summed E-state index contributed by atoms with van der Waals surface area (Å²) >= 11 is 0. The van der Waals surface area contributed by atoms with Gasteiger partial charge in [0.25, 0.3) is 5.91 Å². The van der Waals surface area contributed by atoms with Crippen molar-refractivity contribution in [3.8, 4) is 0 Å². The van der Waals surface area contributed by atoms with E-state index in [0.717, 1.165) is 57.5 Å². The zero-order valence-electron chi connectivity index (χ0n) is 20.1. The van der Waals surface area contributed by atoms with Gasteiger partial charge in [-0.05, 0) is 60.9 Å². The number of para-hydroxylation sites is 1. The molecule has 4 rings (SSSR count). The van der Waals surface area contributed by atoms with Gasteiger partial charge >= 0.3 is 0 Å². The highest BCUT2D eigenvalue weighted by Gasteiger charge is 2.14. The normalized spacial score (nSPS) is 16.3. The van der Waals surface area contributed by atoms with Gasteiger partial charge in [0.2, 0.25) is 0 Å². The number of nitrogens with zero attached hydrogens (tertiary/aromatic N) is 1. The minimum atomic E-state index is -0.543. The number of H-pyrrole nitrogens is 1. The van der Waals surface area contributed by atoms with E-state index < -0.39 is 5.91 Å². The fraction of sp³-hybridized carbons (Fsp3) is 0.393. The van der Waals surface area contributed by atoms with E-state index in [1.807, 2.05) is 12.1 Å². The van der Waals surface area contributed by atoms with E-state index >= 15 is 0 Å². The first kappa shape index (κ1) is 25.1. The van der Waals surface area contributed by atoms with Crippen molar-refractivity contribution in [2.45, 2.75) is 44.9 Å². The third kappa shape index (κ3) is 7.77. The zero-order chi connectivity index (χ0) is 24.3. The minimum Gasteiger partial charge on any atom is -0.361 e. The molecule has 1 aliphatic rings. The summed E-state index contributed by atoms with van der Waals surface area (Å²) in [5, 5.41) is 9.91. The lowest BCUT2D eigenvalue weighted by Gasteiger charge is -2.25. The SMILES string of the molecule is O=C(C=Cc1ccc(CN(CCCOC2CCCCO2)CCc2c[nH]c3ccccc23)cc1)NO. The zero-order valence-corrected chi connectivity index (χ0v) is 20.1. The van der Waals surface area contributed by atoms with E-state index in [2.05, 4.69) is 52.5 Å². The Balaban J connectivity index is 1.35. The van der Waals surface area contributed by atoms with Crippen LogP contribution in [0.5, 0.6) is 0 Å². The number of aromatic amines is 1. The van der Waals surface area contributed by atoms with Crippen LogP contribution in [0, 0.1) is 0 Å².